The molecule has 0 unspecified atom stereocenters. The van der Waals surface area contributed by atoms with E-state index in [9.17, 15) is 4.39 Å². The fourth-order valence-electron chi connectivity index (χ4n) is 4.53. The number of aromatic nitrogens is 4. The molecule has 0 amide bonds. The minimum atomic E-state index is -0.219. The average Bonchev–Trinajstić information content (AvgIpc) is 3.18. The SMILES string of the molecule is Fc1ccc2c(c1CNc1ncc(-c3ccc4sccc4c3)c3nncn13)[C@H]1C[C@H]1O2. The smallest absolute Gasteiger partial charge is 0.210 e. The van der Waals surface area contributed by atoms with Gasteiger partial charge in [-0.15, -0.1) is 21.5 Å². The van der Waals surface area contributed by atoms with E-state index in [4.69, 9.17) is 4.74 Å². The lowest BCUT2D eigenvalue weighted by Gasteiger charge is -2.14. The molecule has 6 nitrogen and oxygen atoms in total. The van der Waals surface area contributed by atoms with Gasteiger partial charge in [-0.2, -0.15) is 0 Å². The third-order valence-corrected chi connectivity index (χ3v) is 7.06. The van der Waals surface area contributed by atoms with E-state index in [0.717, 1.165) is 28.9 Å². The van der Waals surface area contributed by atoms with Crippen molar-refractivity contribution in [1.82, 2.24) is 19.6 Å². The van der Waals surface area contributed by atoms with E-state index < -0.39 is 0 Å². The Hall–Kier alpha value is -3.52. The van der Waals surface area contributed by atoms with Crippen molar-refractivity contribution in [2.75, 3.05) is 5.32 Å². The van der Waals surface area contributed by atoms with Gasteiger partial charge in [0.05, 0.1) is 0 Å². The van der Waals surface area contributed by atoms with Crippen LogP contribution >= 0.6 is 11.3 Å². The Balaban J connectivity index is 1.25. The Morgan fingerprint density at radius 1 is 1.23 bits per heavy atom. The molecule has 5 aromatic rings. The van der Waals surface area contributed by atoms with Crippen molar-refractivity contribution in [3.05, 3.63) is 71.2 Å². The zero-order valence-corrected chi connectivity index (χ0v) is 17.1. The number of nitrogens with zero attached hydrogens (tertiary/aromatic N) is 4. The Morgan fingerprint density at radius 3 is 3.16 bits per heavy atom. The predicted molar refractivity (Wildman–Crippen MR) is 117 cm³/mol. The summed E-state index contributed by atoms with van der Waals surface area (Å²) in [7, 11) is 0. The highest BCUT2D eigenvalue weighted by Gasteiger charge is 2.49. The quantitative estimate of drug-likeness (QED) is 0.435. The molecular weight excluding hydrogens is 413 g/mol. The number of thiophene rings is 1. The Labute approximate surface area is 180 Å². The number of halogens is 1. The number of benzene rings is 2. The number of hydrogen-bond donors (Lipinski definition) is 1. The number of rotatable bonds is 4. The monoisotopic (exact) mass is 429 g/mol. The second kappa shape index (κ2) is 6.24. The number of ether oxygens (including phenoxy) is 1. The van der Waals surface area contributed by atoms with E-state index in [1.807, 2.05) is 4.40 Å². The lowest BCUT2D eigenvalue weighted by Crippen LogP contribution is -2.10. The molecule has 7 rings (SSSR count). The van der Waals surface area contributed by atoms with Crippen LogP contribution in [0, 0.1) is 5.82 Å². The minimum Gasteiger partial charge on any atom is -0.489 e. The molecule has 3 aromatic heterocycles. The van der Waals surface area contributed by atoms with Gasteiger partial charge in [0.1, 0.15) is 24.0 Å². The molecule has 0 radical (unpaired) electrons. The molecule has 1 fully saturated rings. The molecule has 2 aromatic carbocycles. The molecule has 2 aliphatic rings. The van der Waals surface area contributed by atoms with Gasteiger partial charge >= 0.3 is 0 Å². The van der Waals surface area contributed by atoms with Crippen LogP contribution in [0.1, 0.15) is 23.5 Å². The fourth-order valence-corrected chi connectivity index (χ4v) is 5.30. The van der Waals surface area contributed by atoms with E-state index in [1.165, 1.54) is 16.2 Å². The zero-order chi connectivity index (χ0) is 20.5. The van der Waals surface area contributed by atoms with Crippen molar-refractivity contribution in [1.29, 1.82) is 0 Å². The maximum Gasteiger partial charge on any atom is 0.210 e. The second-order valence-electron chi connectivity index (χ2n) is 7.98. The molecule has 31 heavy (non-hydrogen) atoms. The summed E-state index contributed by atoms with van der Waals surface area (Å²) in [6, 6.07) is 11.6. The highest BCUT2D eigenvalue weighted by Crippen LogP contribution is 2.55. The molecule has 0 spiro atoms. The molecule has 8 heteroatoms. The topological polar surface area (TPSA) is 64.3 Å². The summed E-state index contributed by atoms with van der Waals surface area (Å²) >= 11 is 1.72. The first kappa shape index (κ1) is 17.2. The van der Waals surface area contributed by atoms with Crippen molar-refractivity contribution in [2.24, 2.45) is 0 Å². The molecule has 0 bridgehead atoms. The lowest BCUT2D eigenvalue weighted by molar-refractivity contribution is 0.318. The lowest BCUT2D eigenvalue weighted by atomic mass is 10.0. The van der Waals surface area contributed by atoms with Crippen LogP contribution in [0.4, 0.5) is 10.3 Å². The van der Waals surface area contributed by atoms with Crippen LogP contribution in [0.2, 0.25) is 0 Å². The first-order valence-electron chi connectivity index (χ1n) is 10.1. The maximum absolute atomic E-state index is 14.6. The van der Waals surface area contributed by atoms with Gasteiger partial charge in [-0.05, 0) is 53.1 Å². The van der Waals surface area contributed by atoms with Crippen LogP contribution in [-0.2, 0) is 6.54 Å². The summed E-state index contributed by atoms with van der Waals surface area (Å²) in [5.41, 5.74) is 4.29. The van der Waals surface area contributed by atoms with Crippen molar-refractivity contribution < 1.29 is 9.13 Å². The van der Waals surface area contributed by atoms with Gasteiger partial charge in [-0.3, -0.25) is 4.40 Å². The Kier molecular flexibility index (Phi) is 3.46. The van der Waals surface area contributed by atoms with Crippen LogP contribution in [0.15, 0.2) is 54.3 Å². The summed E-state index contributed by atoms with van der Waals surface area (Å²) in [6.45, 7) is 0.322. The first-order chi connectivity index (χ1) is 15.3. The fraction of sp³-hybridized carbons (Fsp3) is 0.174. The van der Waals surface area contributed by atoms with Crippen molar-refractivity contribution in [3.8, 4) is 16.9 Å². The van der Waals surface area contributed by atoms with Crippen LogP contribution in [-0.4, -0.2) is 25.7 Å². The first-order valence-corrected chi connectivity index (χ1v) is 11.0. The average molecular weight is 429 g/mol. The van der Waals surface area contributed by atoms with E-state index in [-0.39, 0.29) is 11.9 Å². The van der Waals surface area contributed by atoms with Crippen LogP contribution in [0.3, 0.4) is 0 Å². The number of hydrogen-bond acceptors (Lipinski definition) is 6. The second-order valence-corrected chi connectivity index (χ2v) is 8.93. The highest BCUT2D eigenvalue weighted by atomic mass is 32.1. The number of anilines is 1. The summed E-state index contributed by atoms with van der Waals surface area (Å²) in [4.78, 5) is 4.61. The van der Waals surface area contributed by atoms with Crippen LogP contribution in [0.5, 0.6) is 5.75 Å². The molecule has 1 aliphatic heterocycles. The van der Waals surface area contributed by atoms with Crippen molar-refractivity contribution >= 4 is 33.0 Å². The molecule has 1 saturated carbocycles. The molecule has 152 valence electrons. The normalized spacial score (nSPS) is 18.7. The standard InChI is InChI=1S/C23H16FN5OS/c24-17-2-3-18-21(14-8-19(14)30-18)16(17)10-26-23-25-9-15(22-28-27-11-29(22)23)12-1-4-20-13(7-12)5-6-31-20/h1-7,9,11,14,19H,8,10H2,(H,25,26)/t14-,19+/m0/s1. The van der Waals surface area contributed by atoms with Gasteiger partial charge in [0.15, 0.2) is 5.65 Å². The van der Waals surface area contributed by atoms with Crippen molar-refractivity contribution in [3.63, 3.8) is 0 Å². The van der Waals surface area contributed by atoms with Gasteiger partial charge in [0.2, 0.25) is 5.95 Å². The zero-order valence-electron chi connectivity index (χ0n) is 16.2. The molecule has 1 aliphatic carbocycles. The van der Waals surface area contributed by atoms with Crippen LogP contribution < -0.4 is 10.1 Å². The largest absolute Gasteiger partial charge is 0.489 e. The van der Waals surface area contributed by atoms with E-state index in [2.05, 4.69) is 50.1 Å². The third-order valence-electron chi connectivity index (χ3n) is 6.16. The molecular formula is C23H16FN5OS. The molecule has 4 heterocycles. The highest BCUT2D eigenvalue weighted by molar-refractivity contribution is 7.17. The van der Waals surface area contributed by atoms with E-state index >= 15 is 0 Å². The predicted octanol–water partition coefficient (Wildman–Crippen LogP) is 5.01. The van der Waals surface area contributed by atoms with E-state index in [1.54, 1.807) is 29.9 Å². The molecule has 2 atom stereocenters. The molecule has 1 N–H and O–H groups in total. The number of fused-ring (bicyclic) bond motifs is 5. The van der Waals surface area contributed by atoms with E-state index in [0.29, 0.717) is 29.6 Å². The summed E-state index contributed by atoms with van der Waals surface area (Å²) in [5.74, 6) is 1.48. The summed E-state index contributed by atoms with van der Waals surface area (Å²) in [6.07, 6.45) is 4.62. The van der Waals surface area contributed by atoms with Crippen molar-refractivity contribution in [2.45, 2.75) is 25.0 Å². The summed E-state index contributed by atoms with van der Waals surface area (Å²) in [5, 5.41) is 15.0. The van der Waals surface area contributed by atoms with Gasteiger partial charge < -0.3 is 10.1 Å². The maximum atomic E-state index is 14.6. The Morgan fingerprint density at radius 2 is 2.19 bits per heavy atom. The summed E-state index contributed by atoms with van der Waals surface area (Å²) < 4.78 is 23.5. The minimum absolute atomic E-state index is 0.219. The molecule has 0 saturated heterocycles. The van der Waals surface area contributed by atoms with Gasteiger partial charge in [0.25, 0.3) is 0 Å². The number of nitrogens with one attached hydrogen (secondary N) is 1. The van der Waals surface area contributed by atoms with Gasteiger partial charge in [0, 0.05) is 40.0 Å². The van der Waals surface area contributed by atoms with Gasteiger partial charge in [-0.25, -0.2) is 9.37 Å². The third kappa shape index (κ3) is 2.58. The Bertz CT molecular complexity index is 1490. The van der Waals surface area contributed by atoms with Gasteiger partial charge in [-0.1, -0.05) is 6.07 Å². The van der Waals surface area contributed by atoms with Crippen LogP contribution in [0.25, 0.3) is 26.9 Å².